The number of carbonyl (C=O) groups is 1. The summed E-state index contributed by atoms with van der Waals surface area (Å²) >= 11 is 5.82. The Bertz CT molecular complexity index is 524. The fourth-order valence-electron chi connectivity index (χ4n) is 1.40. The Morgan fingerprint density at radius 2 is 2.12 bits per heavy atom. The molecule has 2 aromatic rings. The molecule has 0 aliphatic carbocycles. The number of aromatic nitrogens is 3. The highest BCUT2D eigenvalue weighted by molar-refractivity contribution is 6.31. The van der Waals surface area contributed by atoms with Crippen LogP contribution < -0.4 is 0 Å². The second-order valence-electron chi connectivity index (χ2n) is 3.43. The molecule has 5 nitrogen and oxygen atoms in total. The van der Waals surface area contributed by atoms with Gasteiger partial charge < -0.3 is 5.11 Å². The van der Waals surface area contributed by atoms with Crippen LogP contribution >= 0.6 is 11.6 Å². The van der Waals surface area contributed by atoms with E-state index in [4.69, 9.17) is 16.7 Å². The highest BCUT2D eigenvalue weighted by Crippen LogP contribution is 2.15. The minimum atomic E-state index is -0.806. The Hall–Kier alpha value is -1.62. The molecule has 0 spiro atoms. The topological polar surface area (TPSA) is 68.0 Å². The number of halogens is 1. The highest BCUT2D eigenvalue weighted by atomic mass is 35.5. The van der Waals surface area contributed by atoms with Gasteiger partial charge in [0.05, 0.1) is 6.54 Å². The molecule has 0 saturated carbocycles. The van der Waals surface area contributed by atoms with E-state index < -0.39 is 5.97 Å². The third-order valence-electron chi connectivity index (χ3n) is 2.13. The largest absolute Gasteiger partial charge is 0.481 e. The van der Waals surface area contributed by atoms with Gasteiger partial charge in [0.15, 0.2) is 0 Å². The second-order valence-corrected chi connectivity index (χ2v) is 3.86. The van der Waals surface area contributed by atoms with E-state index in [2.05, 4.69) is 10.2 Å². The normalized spacial score (nSPS) is 10.8. The quantitative estimate of drug-likeness (QED) is 0.886. The first kappa shape index (κ1) is 10.9. The van der Waals surface area contributed by atoms with E-state index in [0.717, 1.165) is 11.0 Å². The molecule has 16 heavy (non-hydrogen) atoms. The van der Waals surface area contributed by atoms with Crippen LogP contribution in [0, 0.1) is 0 Å². The maximum atomic E-state index is 10.3. The third kappa shape index (κ3) is 2.49. The molecule has 0 aliphatic rings. The number of carboxylic acids is 1. The smallest absolute Gasteiger partial charge is 0.303 e. The van der Waals surface area contributed by atoms with Gasteiger partial charge in [0.25, 0.3) is 0 Å². The van der Waals surface area contributed by atoms with Gasteiger partial charge in [-0.25, -0.2) is 0 Å². The van der Waals surface area contributed by atoms with Crippen LogP contribution in [0.15, 0.2) is 18.2 Å². The van der Waals surface area contributed by atoms with Gasteiger partial charge in [0, 0.05) is 11.4 Å². The number of rotatable bonds is 4. The van der Waals surface area contributed by atoms with Crippen molar-refractivity contribution < 1.29 is 9.90 Å². The van der Waals surface area contributed by atoms with E-state index >= 15 is 0 Å². The Kier molecular flexibility index (Phi) is 3.05. The monoisotopic (exact) mass is 239 g/mol. The number of aryl methyl sites for hydroxylation is 1. The number of nitrogens with zero attached hydrogens (tertiary/aromatic N) is 3. The summed E-state index contributed by atoms with van der Waals surface area (Å²) in [5.41, 5.74) is 1.49. The molecule has 0 aliphatic heterocycles. The lowest BCUT2D eigenvalue weighted by Crippen LogP contribution is -2.04. The van der Waals surface area contributed by atoms with Crippen molar-refractivity contribution in [3.05, 3.63) is 23.2 Å². The fraction of sp³-hybridized carbons (Fsp3) is 0.300. The molecule has 0 bridgehead atoms. The predicted octanol–water partition coefficient (Wildman–Crippen LogP) is 1.95. The molecular weight excluding hydrogens is 230 g/mol. The molecule has 0 fully saturated rings. The van der Waals surface area contributed by atoms with E-state index in [1.54, 1.807) is 18.2 Å². The zero-order valence-corrected chi connectivity index (χ0v) is 9.18. The summed E-state index contributed by atoms with van der Waals surface area (Å²) < 4.78 is 0. The minimum Gasteiger partial charge on any atom is -0.481 e. The fourth-order valence-corrected chi connectivity index (χ4v) is 1.57. The van der Waals surface area contributed by atoms with Crippen LogP contribution in [0.2, 0.25) is 5.02 Å². The third-order valence-corrected chi connectivity index (χ3v) is 2.37. The molecule has 0 unspecified atom stereocenters. The van der Waals surface area contributed by atoms with Crippen LogP contribution in [0.5, 0.6) is 0 Å². The maximum absolute atomic E-state index is 10.3. The first-order valence-electron chi connectivity index (χ1n) is 4.87. The summed E-state index contributed by atoms with van der Waals surface area (Å²) in [5, 5.41) is 17.5. The molecular formula is C10H10ClN3O2. The average molecular weight is 240 g/mol. The summed E-state index contributed by atoms with van der Waals surface area (Å²) in [6.45, 7) is 0.499. The number of hydrogen-bond donors (Lipinski definition) is 1. The molecule has 1 N–H and O–H groups in total. The SMILES string of the molecule is O=C(O)CCCn1nc2ccc(Cl)cc2n1. The van der Waals surface area contributed by atoms with Gasteiger partial charge in [-0.05, 0) is 24.6 Å². The van der Waals surface area contributed by atoms with Gasteiger partial charge in [-0.2, -0.15) is 15.0 Å². The van der Waals surface area contributed by atoms with E-state index in [-0.39, 0.29) is 6.42 Å². The minimum absolute atomic E-state index is 0.124. The van der Waals surface area contributed by atoms with Crippen molar-refractivity contribution >= 4 is 28.6 Å². The van der Waals surface area contributed by atoms with Crippen LogP contribution in [0.4, 0.5) is 0 Å². The van der Waals surface area contributed by atoms with Crippen LogP contribution in [-0.2, 0) is 11.3 Å². The Labute approximate surface area is 96.6 Å². The van der Waals surface area contributed by atoms with Crippen LogP contribution in [0.25, 0.3) is 11.0 Å². The lowest BCUT2D eigenvalue weighted by molar-refractivity contribution is -0.137. The first-order valence-corrected chi connectivity index (χ1v) is 5.25. The van der Waals surface area contributed by atoms with Crippen molar-refractivity contribution in [2.24, 2.45) is 0 Å². The summed E-state index contributed by atoms with van der Waals surface area (Å²) in [5.74, 6) is -0.806. The van der Waals surface area contributed by atoms with E-state index in [1.165, 1.54) is 4.80 Å². The molecule has 0 atom stereocenters. The number of hydrogen-bond acceptors (Lipinski definition) is 3. The lowest BCUT2D eigenvalue weighted by Gasteiger charge is -1.95. The molecule has 1 aromatic heterocycles. The van der Waals surface area contributed by atoms with E-state index in [1.807, 2.05) is 0 Å². The molecule has 0 saturated heterocycles. The number of carboxylic acid groups (broad SMARTS) is 1. The standard InChI is InChI=1S/C10H10ClN3O2/c11-7-3-4-8-9(6-7)13-14(12-8)5-1-2-10(15)16/h3-4,6H,1-2,5H2,(H,15,16). The van der Waals surface area contributed by atoms with Gasteiger partial charge in [0.1, 0.15) is 11.0 Å². The van der Waals surface area contributed by atoms with Gasteiger partial charge >= 0.3 is 5.97 Å². The van der Waals surface area contributed by atoms with Crippen molar-refractivity contribution in [2.75, 3.05) is 0 Å². The Morgan fingerprint density at radius 3 is 2.88 bits per heavy atom. The summed E-state index contributed by atoms with van der Waals surface area (Å²) in [4.78, 5) is 11.8. The molecule has 84 valence electrons. The molecule has 1 aromatic carbocycles. The second kappa shape index (κ2) is 4.49. The summed E-state index contributed by atoms with van der Waals surface area (Å²) in [6, 6.07) is 5.27. The zero-order valence-electron chi connectivity index (χ0n) is 8.43. The molecule has 0 amide bonds. The lowest BCUT2D eigenvalue weighted by atomic mass is 10.3. The molecule has 6 heteroatoms. The number of benzene rings is 1. The van der Waals surface area contributed by atoms with Crippen molar-refractivity contribution in [1.29, 1.82) is 0 Å². The zero-order chi connectivity index (χ0) is 11.5. The Balaban J connectivity index is 2.10. The van der Waals surface area contributed by atoms with Crippen molar-refractivity contribution in [3.63, 3.8) is 0 Å². The van der Waals surface area contributed by atoms with Crippen LogP contribution in [0.3, 0.4) is 0 Å². The number of aliphatic carboxylic acids is 1. The summed E-state index contributed by atoms with van der Waals surface area (Å²) in [7, 11) is 0. The maximum Gasteiger partial charge on any atom is 0.303 e. The highest BCUT2D eigenvalue weighted by Gasteiger charge is 2.03. The van der Waals surface area contributed by atoms with Crippen molar-refractivity contribution in [1.82, 2.24) is 15.0 Å². The van der Waals surface area contributed by atoms with Crippen LogP contribution in [-0.4, -0.2) is 26.1 Å². The summed E-state index contributed by atoms with van der Waals surface area (Å²) in [6.07, 6.45) is 0.642. The molecule has 0 radical (unpaired) electrons. The van der Waals surface area contributed by atoms with Gasteiger partial charge in [0.2, 0.25) is 0 Å². The van der Waals surface area contributed by atoms with Gasteiger partial charge in [-0.15, -0.1) is 0 Å². The first-order chi connectivity index (χ1) is 7.65. The average Bonchev–Trinajstić information content (AvgIpc) is 2.58. The van der Waals surface area contributed by atoms with Gasteiger partial charge in [-0.3, -0.25) is 4.79 Å². The van der Waals surface area contributed by atoms with Crippen LogP contribution in [0.1, 0.15) is 12.8 Å². The Morgan fingerprint density at radius 1 is 1.38 bits per heavy atom. The van der Waals surface area contributed by atoms with E-state index in [9.17, 15) is 4.79 Å². The predicted molar refractivity (Wildman–Crippen MR) is 59.4 cm³/mol. The number of fused-ring (bicyclic) bond motifs is 1. The molecule has 2 rings (SSSR count). The van der Waals surface area contributed by atoms with Crippen molar-refractivity contribution in [3.8, 4) is 0 Å². The van der Waals surface area contributed by atoms with Crippen molar-refractivity contribution in [2.45, 2.75) is 19.4 Å². The van der Waals surface area contributed by atoms with Gasteiger partial charge in [-0.1, -0.05) is 11.6 Å². The van der Waals surface area contributed by atoms with E-state index in [0.29, 0.717) is 18.0 Å². The molecule has 1 heterocycles.